The number of aromatic nitrogens is 5. The van der Waals surface area contributed by atoms with Gasteiger partial charge in [-0.05, 0) is 36.8 Å². The van der Waals surface area contributed by atoms with Gasteiger partial charge in [0.2, 0.25) is 0 Å². The number of benzene rings is 2. The van der Waals surface area contributed by atoms with E-state index in [2.05, 4.69) is 25.4 Å². The van der Waals surface area contributed by atoms with E-state index in [9.17, 15) is 4.39 Å². The van der Waals surface area contributed by atoms with Crippen LogP contribution in [0.4, 0.5) is 10.2 Å². The molecule has 124 valence electrons. The summed E-state index contributed by atoms with van der Waals surface area (Å²) < 4.78 is 15.9. The predicted molar refractivity (Wildman–Crippen MR) is 92.9 cm³/mol. The summed E-state index contributed by atoms with van der Waals surface area (Å²) >= 11 is 0. The van der Waals surface area contributed by atoms with Gasteiger partial charge in [0, 0.05) is 6.04 Å². The van der Waals surface area contributed by atoms with Gasteiger partial charge in [0.15, 0.2) is 0 Å². The van der Waals surface area contributed by atoms with Crippen LogP contribution in [0.1, 0.15) is 18.5 Å². The maximum Gasteiger partial charge on any atom is 0.140 e. The largest absolute Gasteiger partial charge is 0.363 e. The monoisotopic (exact) mass is 334 g/mol. The molecule has 4 aromatic rings. The number of nitrogens with one attached hydrogen (secondary N) is 1. The second-order valence-electron chi connectivity index (χ2n) is 5.65. The van der Waals surface area contributed by atoms with Crippen LogP contribution < -0.4 is 5.32 Å². The smallest absolute Gasteiger partial charge is 0.140 e. The quantitative estimate of drug-likeness (QED) is 0.618. The number of rotatable bonds is 4. The fourth-order valence-electron chi connectivity index (χ4n) is 2.72. The van der Waals surface area contributed by atoms with Gasteiger partial charge in [-0.1, -0.05) is 18.2 Å². The summed E-state index contributed by atoms with van der Waals surface area (Å²) in [5.74, 6) is 0.144. The van der Waals surface area contributed by atoms with Crippen LogP contribution in [-0.4, -0.2) is 24.7 Å². The molecule has 0 unspecified atom stereocenters. The summed E-state index contributed by atoms with van der Waals surface area (Å²) in [5, 5.41) is 7.77. The summed E-state index contributed by atoms with van der Waals surface area (Å²) in [6, 6.07) is 12.7. The Bertz CT molecular complexity index is 993. The predicted octanol–water partition coefficient (Wildman–Crippen LogP) is 3.52. The van der Waals surface area contributed by atoms with Crippen molar-refractivity contribution < 1.29 is 4.39 Å². The molecule has 7 heteroatoms. The lowest BCUT2D eigenvalue weighted by molar-refractivity contribution is 0.639. The third-order valence-corrected chi connectivity index (χ3v) is 4.04. The van der Waals surface area contributed by atoms with E-state index < -0.39 is 0 Å². The van der Waals surface area contributed by atoms with Crippen molar-refractivity contribution in [2.75, 3.05) is 5.32 Å². The Kier molecular flexibility index (Phi) is 3.81. The first-order chi connectivity index (χ1) is 12.2. The number of anilines is 1. The molecule has 4 rings (SSSR count). The van der Waals surface area contributed by atoms with Crippen molar-refractivity contribution in [1.29, 1.82) is 0 Å². The molecule has 0 spiro atoms. The van der Waals surface area contributed by atoms with E-state index in [1.807, 2.05) is 31.2 Å². The Morgan fingerprint density at radius 1 is 1.04 bits per heavy atom. The van der Waals surface area contributed by atoms with Gasteiger partial charge in [0.05, 0.1) is 16.6 Å². The summed E-state index contributed by atoms with van der Waals surface area (Å²) in [7, 11) is 0. The zero-order chi connectivity index (χ0) is 17.2. The number of hydrogen-bond acceptors (Lipinski definition) is 5. The fourth-order valence-corrected chi connectivity index (χ4v) is 2.72. The zero-order valence-electron chi connectivity index (χ0n) is 13.5. The average Bonchev–Trinajstić information content (AvgIpc) is 3.17. The Morgan fingerprint density at radius 3 is 2.64 bits per heavy atom. The van der Waals surface area contributed by atoms with Gasteiger partial charge in [-0.25, -0.2) is 24.0 Å². The Morgan fingerprint density at radius 2 is 1.88 bits per heavy atom. The molecular weight excluding hydrogens is 319 g/mol. The molecule has 25 heavy (non-hydrogen) atoms. The van der Waals surface area contributed by atoms with Gasteiger partial charge >= 0.3 is 0 Å². The van der Waals surface area contributed by atoms with Crippen molar-refractivity contribution in [2.24, 2.45) is 0 Å². The first-order valence-corrected chi connectivity index (χ1v) is 7.83. The van der Waals surface area contributed by atoms with Crippen molar-refractivity contribution in [3.63, 3.8) is 0 Å². The van der Waals surface area contributed by atoms with Gasteiger partial charge in [-0.15, -0.1) is 0 Å². The van der Waals surface area contributed by atoms with Crippen LogP contribution in [0, 0.1) is 5.82 Å². The highest BCUT2D eigenvalue weighted by Crippen LogP contribution is 2.26. The third-order valence-electron chi connectivity index (χ3n) is 4.04. The molecule has 0 saturated carbocycles. The van der Waals surface area contributed by atoms with Gasteiger partial charge in [0.1, 0.15) is 30.6 Å². The van der Waals surface area contributed by atoms with E-state index in [0.29, 0.717) is 16.7 Å². The lowest BCUT2D eigenvalue weighted by atomic mass is 10.1. The molecule has 2 heterocycles. The standard InChI is InChI=1S/C18H15FN6/c1-12(13-5-7-14(8-6-13)25-11-20-9-23-25)24-18-17-15(19)3-2-4-16(17)21-10-22-18/h2-12H,1H3,(H,21,22,24)/t12-/m1/s1. The van der Waals surface area contributed by atoms with Gasteiger partial charge < -0.3 is 5.32 Å². The molecule has 0 aliphatic rings. The topological polar surface area (TPSA) is 68.5 Å². The molecule has 0 bridgehead atoms. The van der Waals surface area contributed by atoms with Crippen LogP contribution in [0.3, 0.4) is 0 Å². The molecule has 0 amide bonds. The maximum atomic E-state index is 14.2. The summed E-state index contributed by atoms with van der Waals surface area (Å²) in [6.45, 7) is 2.00. The normalized spacial score (nSPS) is 12.2. The van der Waals surface area contributed by atoms with E-state index in [0.717, 1.165) is 11.3 Å². The van der Waals surface area contributed by atoms with Crippen molar-refractivity contribution in [2.45, 2.75) is 13.0 Å². The fraction of sp³-hybridized carbons (Fsp3) is 0.111. The minimum Gasteiger partial charge on any atom is -0.363 e. The van der Waals surface area contributed by atoms with Crippen molar-refractivity contribution >= 4 is 16.7 Å². The highest BCUT2D eigenvalue weighted by molar-refractivity contribution is 5.89. The lowest BCUT2D eigenvalue weighted by Gasteiger charge is -2.16. The van der Waals surface area contributed by atoms with E-state index in [-0.39, 0.29) is 11.9 Å². The van der Waals surface area contributed by atoms with Crippen LogP contribution in [0.2, 0.25) is 0 Å². The van der Waals surface area contributed by atoms with Crippen molar-refractivity contribution in [1.82, 2.24) is 24.7 Å². The Hall–Kier alpha value is -3.35. The molecule has 6 nitrogen and oxygen atoms in total. The minimum absolute atomic E-state index is 0.0532. The molecular formula is C18H15FN6. The zero-order valence-corrected chi connectivity index (χ0v) is 13.5. The molecule has 1 atom stereocenters. The molecule has 0 fully saturated rings. The van der Waals surface area contributed by atoms with Crippen LogP contribution in [0.15, 0.2) is 61.4 Å². The minimum atomic E-state index is -0.339. The van der Waals surface area contributed by atoms with Crippen LogP contribution >= 0.6 is 0 Å². The molecule has 0 aliphatic carbocycles. The lowest BCUT2D eigenvalue weighted by Crippen LogP contribution is -2.09. The average molecular weight is 334 g/mol. The number of fused-ring (bicyclic) bond motifs is 1. The summed E-state index contributed by atoms with van der Waals surface area (Å²) in [4.78, 5) is 12.3. The van der Waals surface area contributed by atoms with Crippen LogP contribution in [0.25, 0.3) is 16.6 Å². The number of nitrogens with zero attached hydrogens (tertiary/aromatic N) is 5. The number of hydrogen-bond donors (Lipinski definition) is 1. The van der Waals surface area contributed by atoms with E-state index in [4.69, 9.17) is 0 Å². The molecule has 0 saturated heterocycles. The van der Waals surface area contributed by atoms with E-state index >= 15 is 0 Å². The van der Waals surface area contributed by atoms with Gasteiger partial charge in [-0.2, -0.15) is 5.10 Å². The number of halogens is 1. The highest BCUT2D eigenvalue weighted by atomic mass is 19.1. The molecule has 1 N–H and O–H groups in total. The summed E-state index contributed by atoms with van der Waals surface area (Å²) in [5.41, 5.74) is 2.55. The first-order valence-electron chi connectivity index (χ1n) is 7.83. The third kappa shape index (κ3) is 2.91. The maximum absolute atomic E-state index is 14.2. The van der Waals surface area contributed by atoms with Crippen molar-refractivity contribution in [3.8, 4) is 5.69 Å². The molecule has 0 aliphatic heterocycles. The summed E-state index contributed by atoms with van der Waals surface area (Å²) in [6.07, 6.45) is 4.57. The second kappa shape index (κ2) is 6.27. The van der Waals surface area contributed by atoms with Crippen molar-refractivity contribution in [3.05, 3.63) is 72.8 Å². The highest BCUT2D eigenvalue weighted by Gasteiger charge is 2.12. The van der Waals surface area contributed by atoms with Gasteiger partial charge in [0.25, 0.3) is 0 Å². The first kappa shape index (κ1) is 15.2. The van der Waals surface area contributed by atoms with Crippen LogP contribution in [0.5, 0.6) is 0 Å². The van der Waals surface area contributed by atoms with E-state index in [1.54, 1.807) is 23.1 Å². The Balaban J connectivity index is 1.61. The molecule has 0 radical (unpaired) electrons. The van der Waals surface area contributed by atoms with Gasteiger partial charge in [-0.3, -0.25) is 0 Å². The molecule has 2 aromatic heterocycles. The SMILES string of the molecule is C[C@@H](Nc1ncnc2cccc(F)c12)c1ccc(-n2cncn2)cc1. The van der Waals surface area contributed by atoms with E-state index in [1.165, 1.54) is 18.7 Å². The van der Waals surface area contributed by atoms with Crippen LogP contribution in [-0.2, 0) is 0 Å². The molecule has 2 aromatic carbocycles. The second-order valence-corrected chi connectivity index (χ2v) is 5.65. The Labute approximate surface area is 143 Å².